The van der Waals surface area contributed by atoms with Gasteiger partial charge in [-0.2, -0.15) is 0 Å². The Hall–Kier alpha value is -2.81. The molecule has 0 unspecified atom stereocenters. The number of rotatable bonds is 3. The van der Waals surface area contributed by atoms with Crippen molar-refractivity contribution in [1.29, 1.82) is 0 Å². The summed E-state index contributed by atoms with van der Waals surface area (Å²) in [6.45, 7) is 0.0262. The Labute approximate surface area is 125 Å². The number of fused-ring (bicyclic) bond motifs is 1. The molecule has 8 nitrogen and oxygen atoms in total. The van der Waals surface area contributed by atoms with Crippen molar-refractivity contribution in [2.24, 2.45) is 0 Å². The van der Waals surface area contributed by atoms with E-state index in [4.69, 9.17) is 15.2 Å². The van der Waals surface area contributed by atoms with E-state index in [1.807, 2.05) is 4.72 Å². The summed E-state index contributed by atoms with van der Waals surface area (Å²) in [6.07, 6.45) is 0. The highest BCUT2D eigenvalue weighted by atomic mass is 32.2. The Balaban J connectivity index is 1.86. The minimum absolute atomic E-state index is 0.0262. The summed E-state index contributed by atoms with van der Waals surface area (Å²) < 4.78 is 36.6. The van der Waals surface area contributed by atoms with Crippen LogP contribution in [0.5, 0.6) is 11.5 Å². The summed E-state index contributed by atoms with van der Waals surface area (Å²) in [5.41, 5.74) is 5.37. The van der Waals surface area contributed by atoms with Crippen LogP contribution in [0.2, 0.25) is 0 Å². The zero-order chi connectivity index (χ0) is 15.7. The maximum atomic E-state index is 12.2. The van der Waals surface area contributed by atoms with E-state index in [1.54, 1.807) is 0 Å². The third kappa shape index (κ3) is 2.66. The van der Waals surface area contributed by atoms with E-state index in [0.29, 0.717) is 11.5 Å². The van der Waals surface area contributed by atoms with Gasteiger partial charge < -0.3 is 15.2 Å². The van der Waals surface area contributed by atoms with Gasteiger partial charge in [-0.15, -0.1) is 0 Å². The lowest BCUT2D eigenvalue weighted by atomic mass is 10.3. The Morgan fingerprint density at radius 1 is 1.18 bits per heavy atom. The number of sulfonamides is 1. The quantitative estimate of drug-likeness (QED) is 0.845. The molecule has 1 aliphatic heterocycles. The van der Waals surface area contributed by atoms with Crippen LogP contribution in [0.3, 0.4) is 0 Å². The normalized spacial score (nSPS) is 12.9. The van der Waals surface area contributed by atoms with Crippen molar-refractivity contribution in [2.75, 3.05) is 12.5 Å². The predicted molar refractivity (Wildman–Crippen MR) is 75.9 cm³/mol. The van der Waals surface area contributed by atoms with Gasteiger partial charge in [0.25, 0.3) is 15.9 Å². The summed E-state index contributed by atoms with van der Waals surface area (Å²) >= 11 is 0. The molecule has 1 amide bonds. The van der Waals surface area contributed by atoms with Gasteiger partial charge in [-0.1, -0.05) is 6.07 Å². The van der Waals surface area contributed by atoms with Crippen molar-refractivity contribution in [3.63, 3.8) is 0 Å². The largest absolute Gasteiger partial charge is 0.454 e. The van der Waals surface area contributed by atoms with E-state index in [1.165, 1.54) is 36.4 Å². The van der Waals surface area contributed by atoms with Crippen LogP contribution < -0.4 is 19.9 Å². The van der Waals surface area contributed by atoms with Gasteiger partial charge in [-0.3, -0.25) is 4.79 Å². The summed E-state index contributed by atoms with van der Waals surface area (Å²) in [5, 5.41) is 0. The van der Waals surface area contributed by atoms with E-state index in [-0.39, 0.29) is 23.2 Å². The van der Waals surface area contributed by atoms with Crippen molar-refractivity contribution in [3.05, 3.63) is 42.1 Å². The van der Waals surface area contributed by atoms with Crippen LogP contribution in [0.15, 0.2) is 41.3 Å². The summed E-state index contributed by atoms with van der Waals surface area (Å²) in [5.74, 6) is -0.00160. The minimum atomic E-state index is -4.06. The fraction of sp³-hybridized carbons (Fsp3) is 0.0769. The van der Waals surface area contributed by atoms with Crippen LogP contribution in [0.1, 0.15) is 10.5 Å². The number of nitrogens with two attached hydrogens (primary N) is 1. The second-order valence-corrected chi connectivity index (χ2v) is 6.08. The molecule has 0 fully saturated rings. The average molecular weight is 321 g/mol. The third-order valence-corrected chi connectivity index (χ3v) is 4.21. The highest BCUT2D eigenvalue weighted by Gasteiger charge is 2.23. The molecule has 1 aromatic carbocycles. The zero-order valence-electron chi connectivity index (χ0n) is 11.1. The number of carbonyl (C=O) groups excluding carboxylic acids is 1. The Kier molecular flexibility index (Phi) is 3.33. The van der Waals surface area contributed by atoms with E-state index in [0.717, 1.165) is 0 Å². The van der Waals surface area contributed by atoms with E-state index in [9.17, 15) is 13.2 Å². The van der Waals surface area contributed by atoms with Gasteiger partial charge in [0.05, 0.1) is 4.90 Å². The second kappa shape index (κ2) is 5.19. The maximum absolute atomic E-state index is 12.2. The maximum Gasteiger partial charge on any atom is 0.283 e. The van der Waals surface area contributed by atoms with Crippen LogP contribution in [0.25, 0.3) is 0 Å². The number of hydrogen-bond donors (Lipinski definition) is 2. The van der Waals surface area contributed by atoms with Crippen LogP contribution in [-0.4, -0.2) is 26.1 Å². The topological polar surface area (TPSA) is 121 Å². The summed E-state index contributed by atoms with van der Waals surface area (Å²) in [6, 6.07) is 8.41. The first kappa shape index (κ1) is 14.1. The number of carbonyl (C=O) groups is 1. The Morgan fingerprint density at radius 2 is 1.95 bits per heavy atom. The van der Waals surface area contributed by atoms with Crippen molar-refractivity contribution < 1.29 is 22.7 Å². The molecule has 2 heterocycles. The molecular formula is C13H11N3O5S. The zero-order valence-corrected chi connectivity index (χ0v) is 12.0. The van der Waals surface area contributed by atoms with Crippen molar-refractivity contribution in [3.8, 4) is 11.5 Å². The average Bonchev–Trinajstić information content (AvgIpc) is 2.94. The van der Waals surface area contributed by atoms with Gasteiger partial charge in [0.2, 0.25) is 6.79 Å². The number of amides is 1. The lowest BCUT2D eigenvalue weighted by molar-refractivity contribution is 0.0976. The molecule has 3 rings (SSSR count). The van der Waals surface area contributed by atoms with Crippen molar-refractivity contribution in [2.45, 2.75) is 4.90 Å². The fourth-order valence-electron chi connectivity index (χ4n) is 1.86. The van der Waals surface area contributed by atoms with Crippen molar-refractivity contribution >= 4 is 21.7 Å². The lowest BCUT2D eigenvalue weighted by Crippen LogP contribution is -2.31. The monoisotopic (exact) mass is 321 g/mol. The molecule has 2 aromatic rings. The molecule has 0 atom stereocenters. The van der Waals surface area contributed by atoms with E-state index >= 15 is 0 Å². The highest BCUT2D eigenvalue weighted by molar-refractivity contribution is 7.90. The number of aromatic nitrogens is 1. The standard InChI is InChI=1S/C13H11N3O5S/c14-12-3-1-2-9(15-12)13(17)16-22(18,19)8-4-5-10-11(6-8)21-7-20-10/h1-6H,7H2,(H2,14,15)(H,16,17). The van der Waals surface area contributed by atoms with Crippen LogP contribution in [0.4, 0.5) is 5.82 Å². The van der Waals surface area contributed by atoms with Gasteiger partial charge in [0.15, 0.2) is 11.5 Å². The predicted octanol–water partition coefficient (Wildman–Crippen LogP) is 0.511. The van der Waals surface area contributed by atoms with Gasteiger partial charge in [-0.05, 0) is 24.3 Å². The van der Waals surface area contributed by atoms with Gasteiger partial charge in [-0.25, -0.2) is 18.1 Å². The molecule has 0 radical (unpaired) electrons. The lowest BCUT2D eigenvalue weighted by Gasteiger charge is -2.07. The van der Waals surface area contributed by atoms with Gasteiger partial charge in [0.1, 0.15) is 11.5 Å². The minimum Gasteiger partial charge on any atom is -0.454 e. The smallest absolute Gasteiger partial charge is 0.283 e. The fourth-order valence-corrected chi connectivity index (χ4v) is 2.83. The molecule has 0 saturated heterocycles. The number of nitrogens with one attached hydrogen (secondary N) is 1. The first-order valence-electron chi connectivity index (χ1n) is 6.15. The van der Waals surface area contributed by atoms with Crippen molar-refractivity contribution in [1.82, 2.24) is 9.71 Å². The number of nitrogens with zero attached hydrogens (tertiary/aromatic N) is 1. The Morgan fingerprint density at radius 3 is 2.73 bits per heavy atom. The third-order valence-electron chi connectivity index (χ3n) is 2.88. The first-order valence-corrected chi connectivity index (χ1v) is 7.63. The highest BCUT2D eigenvalue weighted by Crippen LogP contribution is 2.33. The van der Waals surface area contributed by atoms with Crippen LogP contribution in [0, 0.1) is 0 Å². The molecule has 9 heteroatoms. The Bertz CT molecular complexity index is 851. The molecular weight excluding hydrogens is 310 g/mol. The van der Waals surface area contributed by atoms with Crippen LogP contribution >= 0.6 is 0 Å². The molecule has 0 bridgehead atoms. The number of nitrogen functional groups attached to an aromatic ring is 1. The number of ether oxygens (including phenoxy) is 2. The van der Waals surface area contributed by atoms with Gasteiger partial charge >= 0.3 is 0 Å². The molecule has 1 aromatic heterocycles. The van der Waals surface area contributed by atoms with Gasteiger partial charge in [0, 0.05) is 6.07 Å². The first-order chi connectivity index (χ1) is 10.5. The SMILES string of the molecule is Nc1cccc(C(=O)NS(=O)(=O)c2ccc3c(c2)OCO3)n1. The number of hydrogen-bond acceptors (Lipinski definition) is 7. The number of benzene rings is 1. The second-order valence-electron chi connectivity index (χ2n) is 4.40. The van der Waals surface area contributed by atoms with E-state index in [2.05, 4.69) is 4.98 Å². The van der Waals surface area contributed by atoms with E-state index < -0.39 is 15.9 Å². The molecule has 0 aliphatic carbocycles. The molecule has 1 aliphatic rings. The molecule has 22 heavy (non-hydrogen) atoms. The number of anilines is 1. The summed E-state index contributed by atoms with van der Waals surface area (Å²) in [4.78, 5) is 15.6. The summed E-state index contributed by atoms with van der Waals surface area (Å²) in [7, 11) is -4.06. The van der Waals surface area contributed by atoms with Crippen LogP contribution in [-0.2, 0) is 10.0 Å². The molecule has 0 saturated carbocycles. The number of pyridine rings is 1. The molecule has 0 spiro atoms. The molecule has 114 valence electrons. The molecule has 3 N–H and O–H groups in total.